The number of benzene rings is 1. The molecular formula is C17H19F5N2O5. The van der Waals surface area contributed by atoms with Crippen molar-refractivity contribution in [2.75, 3.05) is 26.2 Å². The number of ether oxygens (including phenoxy) is 2. The molecule has 1 heterocycles. The summed E-state index contributed by atoms with van der Waals surface area (Å²) in [5.74, 6) is -6.97. The van der Waals surface area contributed by atoms with Crippen molar-refractivity contribution >= 4 is 11.7 Å². The molecule has 1 aliphatic rings. The second kappa shape index (κ2) is 8.89. The summed E-state index contributed by atoms with van der Waals surface area (Å²) in [6.07, 6.45) is -5.04. The molecule has 7 nitrogen and oxygen atoms in total. The predicted molar refractivity (Wildman–Crippen MR) is 89.8 cm³/mol. The summed E-state index contributed by atoms with van der Waals surface area (Å²) < 4.78 is 76.2. The lowest BCUT2D eigenvalue weighted by molar-refractivity contribution is -0.385. The summed E-state index contributed by atoms with van der Waals surface area (Å²) in [5, 5.41) is 10.9. The van der Waals surface area contributed by atoms with Crippen LogP contribution < -0.4 is 4.74 Å². The maximum atomic E-state index is 13.8. The van der Waals surface area contributed by atoms with Gasteiger partial charge >= 0.3 is 18.1 Å². The lowest BCUT2D eigenvalue weighted by atomic mass is 10.1. The molecular weight excluding hydrogens is 407 g/mol. The largest absolute Gasteiger partial charge is 0.489 e. The Labute approximate surface area is 162 Å². The van der Waals surface area contributed by atoms with Crippen molar-refractivity contribution in [3.05, 3.63) is 33.9 Å². The Kier molecular flexibility index (Phi) is 6.98. The number of rotatable bonds is 8. The molecule has 1 fully saturated rings. The average Bonchev–Trinajstić information content (AvgIpc) is 3.10. The summed E-state index contributed by atoms with van der Waals surface area (Å²) in [6, 6.07) is 1.34. The maximum absolute atomic E-state index is 13.8. The van der Waals surface area contributed by atoms with E-state index in [0.717, 1.165) is 19.8 Å². The van der Waals surface area contributed by atoms with Gasteiger partial charge in [-0.3, -0.25) is 19.8 Å². The van der Waals surface area contributed by atoms with Crippen molar-refractivity contribution in [3.63, 3.8) is 0 Å². The van der Waals surface area contributed by atoms with Crippen molar-refractivity contribution in [3.8, 4) is 5.75 Å². The summed E-state index contributed by atoms with van der Waals surface area (Å²) in [7, 11) is 0. The zero-order chi connectivity index (χ0) is 21.8. The second-order valence-electron chi connectivity index (χ2n) is 6.56. The molecule has 29 heavy (non-hydrogen) atoms. The number of nitro benzene ring substituents is 1. The Hall–Kier alpha value is -2.50. The van der Waals surface area contributed by atoms with Gasteiger partial charge in [0.05, 0.1) is 16.6 Å². The molecule has 1 aromatic rings. The molecule has 12 heteroatoms. The summed E-state index contributed by atoms with van der Waals surface area (Å²) in [6.45, 7) is 2.20. The lowest BCUT2D eigenvalue weighted by Crippen LogP contribution is -2.37. The third-order valence-corrected chi connectivity index (χ3v) is 4.29. The van der Waals surface area contributed by atoms with E-state index in [-0.39, 0.29) is 6.54 Å². The molecule has 0 radical (unpaired) electrons. The highest BCUT2D eigenvalue weighted by atomic mass is 19.4. The highest BCUT2D eigenvalue weighted by Gasteiger charge is 2.60. The Balaban J connectivity index is 2.28. The number of hydrogen-bond donors (Lipinski definition) is 0. The normalized spacial score (nSPS) is 16.5. The molecule has 0 N–H and O–H groups in total. The van der Waals surface area contributed by atoms with Gasteiger partial charge in [0, 0.05) is 19.5 Å². The van der Waals surface area contributed by atoms with Gasteiger partial charge in [-0.25, -0.2) is 0 Å². The number of non-ortho nitro benzene ring substituents is 1. The van der Waals surface area contributed by atoms with E-state index in [1.54, 1.807) is 0 Å². The van der Waals surface area contributed by atoms with Crippen molar-refractivity contribution in [1.82, 2.24) is 4.90 Å². The van der Waals surface area contributed by atoms with Crippen molar-refractivity contribution in [2.45, 2.75) is 38.0 Å². The van der Waals surface area contributed by atoms with Crippen LogP contribution in [0, 0.1) is 10.1 Å². The van der Waals surface area contributed by atoms with Gasteiger partial charge in [0.2, 0.25) is 0 Å². The Morgan fingerprint density at radius 1 is 1.24 bits per heavy atom. The number of nitrogens with zero attached hydrogens (tertiary/aromatic N) is 2. The van der Waals surface area contributed by atoms with E-state index >= 15 is 0 Å². The Morgan fingerprint density at radius 3 is 2.38 bits per heavy atom. The monoisotopic (exact) mass is 426 g/mol. The van der Waals surface area contributed by atoms with Gasteiger partial charge in [0.15, 0.2) is 0 Å². The first-order valence-corrected chi connectivity index (χ1v) is 8.67. The third kappa shape index (κ3) is 5.75. The van der Waals surface area contributed by atoms with Crippen molar-refractivity contribution < 1.29 is 41.1 Å². The van der Waals surface area contributed by atoms with Crippen LogP contribution in [0.3, 0.4) is 0 Å². The van der Waals surface area contributed by atoms with Crippen LogP contribution in [-0.2, 0) is 15.5 Å². The Bertz CT molecular complexity index is 750. The molecule has 1 atom stereocenters. The number of halogens is 5. The summed E-state index contributed by atoms with van der Waals surface area (Å²) in [5.41, 5.74) is -2.27. The molecule has 0 spiro atoms. The summed E-state index contributed by atoms with van der Waals surface area (Å²) in [4.78, 5) is 23.2. The summed E-state index contributed by atoms with van der Waals surface area (Å²) >= 11 is 0. The molecule has 0 unspecified atom stereocenters. The molecule has 1 saturated heterocycles. The van der Waals surface area contributed by atoms with Crippen LogP contribution >= 0.6 is 0 Å². The molecule has 1 aliphatic heterocycles. The number of alkyl halides is 5. The minimum Gasteiger partial charge on any atom is -0.489 e. The molecule has 162 valence electrons. The zero-order valence-electron chi connectivity index (χ0n) is 15.4. The first-order chi connectivity index (χ1) is 13.4. The number of esters is 1. The van der Waals surface area contributed by atoms with Gasteiger partial charge in [0.25, 0.3) is 5.69 Å². The fourth-order valence-electron chi connectivity index (χ4n) is 2.95. The van der Waals surface area contributed by atoms with Crippen molar-refractivity contribution in [1.29, 1.82) is 0 Å². The van der Waals surface area contributed by atoms with Gasteiger partial charge in [-0.15, -0.1) is 0 Å². The van der Waals surface area contributed by atoms with Crippen LogP contribution in [0.1, 0.15) is 25.3 Å². The fraction of sp³-hybridized carbons (Fsp3) is 0.588. The van der Waals surface area contributed by atoms with Crippen LogP contribution in [0.4, 0.5) is 27.6 Å². The molecule has 0 amide bonds. The molecule has 0 bridgehead atoms. The lowest BCUT2D eigenvalue weighted by Gasteiger charge is -2.25. The topological polar surface area (TPSA) is 81.9 Å². The van der Waals surface area contributed by atoms with Crippen LogP contribution in [0.5, 0.6) is 5.75 Å². The smallest absolute Gasteiger partial charge is 0.458 e. The molecule has 0 aromatic heterocycles. The first kappa shape index (κ1) is 22.8. The van der Waals surface area contributed by atoms with E-state index < -0.39 is 52.7 Å². The first-order valence-electron chi connectivity index (χ1n) is 8.67. The van der Waals surface area contributed by atoms with Crippen LogP contribution in [-0.4, -0.2) is 54.3 Å². The number of likely N-dealkylation sites (tertiary alicyclic amines) is 1. The minimum atomic E-state index is -5.92. The fourth-order valence-corrected chi connectivity index (χ4v) is 2.95. The van der Waals surface area contributed by atoms with E-state index in [0.29, 0.717) is 31.3 Å². The quantitative estimate of drug-likeness (QED) is 0.273. The SMILES string of the molecule is CC(=O)O[C@@H](COc1cc([N+](=O)[O-])ccc1C(F)(F)C(F)(F)F)CN1CCCC1. The molecule has 0 aliphatic carbocycles. The highest BCUT2D eigenvalue weighted by Crippen LogP contribution is 2.47. The van der Waals surface area contributed by atoms with E-state index in [2.05, 4.69) is 0 Å². The highest BCUT2D eigenvalue weighted by molar-refractivity contribution is 5.66. The van der Waals surface area contributed by atoms with E-state index in [1.807, 2.05) is 4.90 Å². The Morgan fingerprint density at radius 2 is 1.86 bits per heavy atom. The molecule has 2 rings (SSSR count). The second-order valence-corrected chi connectivity index (χ2v) is 6.56. The van der Waals surface area contributed by atoms with Crippen LogP contribution in [0.2, 0.25) is 0 Å². The van der Waals surface area contributed by atoms with Gasteiger partial charge in [-0.1, -0.05) is 0 Å². The molecule has 0 saturated carbocycles. The van der Waals surface area contributed by atoms with Crippen molar-refractivity contribution in [2.24, 2.45) is 0 Å². The van der Waals surface area contributed by atoms with Gasteiger partial charge < -0.3 is 9.47 Å². The zero-order valence-corrected chi connectivity index (χ0v) is 15.4. The average molecular weight is 426 g/mol. The van der Waals surface area contributed by atoms with Gasteiger partial charge in [-0.05, 0) is 32.0 Å². The van der Waals surface area contributed by atoms with E-state index in [9.17, 15) is 36.9 Å². The number of hydrogen-bond acceptors (Lipinski definition) is 6. The predicted octanol–water partition coefficient (Wildman–Crippen LogP) is 3.66. The van der Waals surface area contributed by atoms with E-state index in [1.165, 1.54) is 0 Å². The number of carbonyl (C=O) groups excluding carboxylic acids is 1. The minimum absolute atomic E-state index is 0.194. The standard InChI is InChI=1S/C17H19F5N2O5/c1-11(25)29-13(9-23-6-2-3-7-23)10-28-15-8-12(24(26)27)4-5-14(15)16(18,19)17(20,21)22/h4-5,8,13H,2-3,6-7,9-10H2,1H3/t13-/m1/s1. The van der Waals surface area contributed by atoms with Gasteiger partial charge in [-0.2, -0.15) is 22.0 Å². The van der Waals surface area contributed by atoms with Crippen LogP contribution in [0.15, 0.2) is 18.2 Å². The van der Waals surface area contributed by atoms with Crippen LogP contribution in [0.25, 0.3) is 0 Å². The maximum Gasteiger partial charge on any atom is 0.458 e. The van der Waals surface area contributed by atoms with Gasteiger partial charge in [0.1, 0.15) is 18.5 Å². The van der Waals surface area contributed by atoms with E-state index in [4.69, 9.17) is 9.47 Å². The number of carbonyl (C=O) groups is 1. The molecule has 1 aromatic carbocycles. The third-order valence-electron chi connectivity index (χ3n) is 4.29. The number of nitro groups is 1.